The fraction of sp³-hybridized carbons (Fsp3) is 0.0952. The van der Waals surface area contributed by atoms with Gasteiger partial charge in [0.1, 0.15) is 5.75 Å². The minimum atomic E-state index is -0.232. The molecule has 0 saturated heterocycles. The normalized spacial score (nSPS) is 10.7. The number of para-hydroxylation sites is 1. The van der Waals surface area contributed by atoms with E-state index in [2.05, 4.69) is 22.0 Å². The lowest BCUT2D eigenvalue weighted by Gasteiger charge is -2.08. The van der Waals surface area contributed by atoms with Crippen molar-refractivity contribution in [1.82, 2.24) is 15.5 Å². The van der Waals surface area contributed by atoms with Crippen LogP contribution >= 0.6 is 0 Å². The van der Waals surface area contributed by atoms with Crippen LogP contribution in [0.1, 0.15) is 11.5 Å². The number of amides is 1. The summed E-state index contributed by atoms with van der Waals surface area (Å²) in [6.07, 6.45) is 5.25. The lowest BCUT2D eigenvalue weighted by atomic mass is 10.2. The molecule has 136 valence electrons. The number of ether oxygens (including phenoxy) is 1. The van der Waals surface area contributed by atoms with Crippen molar-refractivity contribution in [2.24, 2.45) is 0 Å². The number of carbonyl (C=O) groups excluding carboxylic acids is 1. The molecule has 0 aliphatic rings. The maximum atomic E-state index is 11.7. The first kappa shape index (κ1) is 18.1. The van der Waals surface area contributed by atoms with E-state index in [-0.39, 0.29) is 12.5 Å². The second-order valence-electron chi connectivity index (χ2n) is 5.58. The van der Waals surface area contributed by atoms with Gasteiger partial charge in [-0.05, 0) is 23.8 Å². The summed E-state index contributed by atoms with van der Waals surface area (Å²) in [7, 11) is 0. The molecule has 1 aromatic heterocycles. The molecule has 0 aliphatic heterocycles. The molecule has 0 radical (unpaired) electrons. The van der Waals surface area contributed by atoms with Crippen molar-refractivity contribution in [2.75, 3.05) is 13.2 Å². The summed E-state index contributed by atoms with van der Waals surface area (Å²) in [4.78, 5) is 16.1. The Morgan fingerprint density at radius 1 is 1.11 bits per heavy atom. The van der Waals surface area contributed by atoms with Crippen LogP contribution in [0.25, 0.3) is 23.5 Å². The molecule has 0 fully saturated rings. The number of nitrogens with zero attached hydrogens (tertiary/aromatic N) is 2. The van der Waals surface area contributed by atoms with E-state index in [1.54, 1.807) is 18.2 Å². The third-order valence-corrected chi connectivity index (χ3v) is 3.59. The molecule has 2 aromatic carbocycles. The van der Waals surface area contributed by atoms with Gasteiger partial charge in [0.05, 0.1) is 5.56 Å². The zero-order valence-corrected chi connectivity index (χ0v) is 14.7. The van der Waals surface area contributed by atoms with E-state index in [9.17, 15) is 4.79 Å². The zero-order chi connectivity index (χ0) is 18.9. The monoisotopic (exact) mass is 361 g/mol. The average molecular weight is 361 g/mol. The summed E-state index contributed by atoms with van der Waals surface area (Å²) in [6.45, 7) is 3.84. The molecule has 0 spiro atoms. The van der Waals surface area contributed by atoms with E-state index in [0.29, 0.717) is 29.6 Å². The molecule has 1 amide bonds. The molecule has 0 atom stereocenters. The predicted octanol–water partition coefficient (Wildman–Crippen LogP) is 3.59. The van der Waals surface area contributed by atoms with Crippen molar-refractivity contribution in [3.05, 3.63) is 78.7 Å². The Balaban J connectivity index is 1.71. The quantitative estimate of drug-likeness (QED) is 0.621. The topological polar surface area (TPSA) is 77.2 Å². The van der Waals surface area contributed by atoms with Crippen LogP contribution in [-0.4, -0.2) is 29.2 Å². The number of hydrogen-bond donors (Lipinski definition) is 1. The number of benzene rings is 2. The van der Waals surface area contributed by atoms with Gasteiger partial charge in [-0.2, -0.15) is 4.98 Å². The van der Waals surface area contributed by atoms with Crippen molar-refractivity contribution in [3.63, 3.8) is 0 Å². The Labute approximate surface area is 157 Å². The maximum Gasteiger partial charge on any atom is 0.258 e. The van der Waals surface area contributed by atoms with Gasteiger partial charge in [0.15, 0.2) is 6.61 Å². The first-order valence-corrected chi connectivity index (χ1v) is 8.43. The van der Waals surface area contributed by atoms with E-state index in [4.69, 9.17) is 9.26 Å². The second kappa shape index (κ2) is 9.15. The van der Waals surface area contributed by atoms with Gasteiger partial charge in [0.25, 0.3) is 11.8 Å². The van der Waals surface area contributed by atoms with Gasteiger partial charge in [0.2, 0.25) is 5.82 Å². The highest BCUT2D eigenvalue weighted by Crippen LogP contribution is 2.27. The lowest BCUT2D eigenvalue weighted by Crippen LogP contribution is -2.28. The van der Waals surface area contributed by atoms with Crippen molar-refractivity contribution < 1.29 is 14.1 Å². The van der Waals surface area contributed by atoms with Gasteiger partial charge in [-0.1, -0.05) is 53.7 Å². The number of carbonyl (C=O) groups is 1. The molecule has 6 nitrogen and oxygen atoms in total. The Morgan fingerprint density at radius 2 is 1.89 bits per heavy atom. The molecule has 0 bridgehead atoms. The highest BCUT2D eigenvalue weighted by molar-refractivity contribution is 5.78. The van der Waals surface area contributed by atoms with Gasteiger partial charge < -0.3 is 14.6 Å². The van der Waals surface area contributed by atoms with Gasteiger partial charge in [-0.3, -0.25) is 4.79 Å². The summed E-state index contributed by atoms with van der Waals surface area (Å²) in [5.41, 5.74) is 1.68. The average Bonchev–Trinajstić information content (AvgIpc) is 3.19. The van der Waals surface area contributed by atoms with Crippen molar-refractivity contribution in [3.8, 4) is 17.1 Å². The van der Waals surface area contributed by atoms with E-state index in [1.165, 1.54) is 0 Å². The Morgan fingerprint density at radius 3 is 2.70 bits per heavy atom. The van der Waals surface area contributed by atoms with Gasteiger partial charge >= 0.3 is 0 Å². The Bertz CT molecular complexity index is 933. The van der Waals surface area contributed by atoms with Crippen molar-refractivity contribution in [2.45, 2.75) is 0 Å². The standard InChI is InChI=1S/C21H19N3O3/c1-2-14-22-19(25)15-26-18-11-7-6-10-17(18)21-23-20(27-24-21)13-12-16-8-4-3-5-9-16/h2-13H,1,14-15H2,(H,22,25)/b13-12+. The number of rotatable bonds is 8. The minimum Gasteiger partial charge on any atom is -0.483 e. The van der Waals surface area contributed by atoms with Gasteiger partial charge in [-0.15, -0.1) is 6.58 Å². The van der Waals surface area contributed by atoms with E-state index < -0.39 is 0 Å². The van der Waals surface area contributed by atoms with E-state index >= 15 is 0 Å². The summed E-state index contributed by atoms with van der Waals surface area (Å²) >= 11 is 0. The lowest BCUT2D eigenvalue weighted by molar-refractivity contribution is -0.122. The highest BCUT2D eigenvalue weighted by atomic mass is 16.5. The van der Waals surface area contributed by atoms with Crippen molar-refractivity contribution in [1.29, 1.82) is 0 Å². The van der Waals surface area contributed by atoms with Crippen LogP contribution in [0.15, 0.2) is 71.8 Å². The molecule has 3 aromatic rings. The Kier molecular flexibility index (Phi) is 6.14. The van der Waals surface area contributed by atoms with Crippen LogP contribution in [0.3, 0.4) is 0 Å². The number of nitrogens with one attached hydrogen (secondary N) is 1. The molecule has 27 heavy (non-hydrogen) atoms. The molecule has 0 unspecified atom stereocenters. The molecular weight excluding hydrogens is 342 g/mol. The van der Waals surface area contributed by atoms with Gasteiger partial charge in [0, 0.05) is 12.6 Å². The maximum absolute atomic E-state index is 11.7. The fourth-order valence-corrected chi connectivity index (χ4v) is 2.30. The third kappa shape index (κ3) is 5.15. The minimum absolute atomic E-state index is 0.108. The molecule has 6 heteroatoms. The second-order valence-corrected chi connectivity index (χ2v) is 5.58. The van der Waals surface area contributed by atoms with Crippen LogP contribution in [-0.2, 0) is 4.79 Å². The Hall–Kier alpha value is -3.67. The summed E-state index contributed by atoms with van der Waals surface area (Å²) in [5, 5.41) is 6.66. The van der Waals surface area contributed by atoms with Crippen LogP contribution in [0.4, 0.5) is 0 Å². The molecule has 0 aliphatic carbocycles. The van der Waals surface area contributed by atoms with E-state index in [1.807, 2.05) is 54.6 Å². The van der Waals surface area contributed by atoms with Crippen molar-refractivity contribution >= 4 is 18.1 Å². The molecule has 1 heterocycles. The summed E-state index contributed by atoms with van der Waals surface area (Å²) in [5.74, 6) is 1.05. The first-order chi connectivity index (χ1) is 13.3. The summed E-state index contributed by atoms with van der Waals surface area (Å²) < 4.78 is 10.9. The molecule has 1 N–H and O–H groups in total. The van der Waals surface area contributed by atoms with Crippen LogP contribution in [0.2, 0.25) is 0 Å². The van der Waals surface area contributed by atoms with E-state index in [0.717, 1.165) is 5.56 Å². The largest absolute Gasteiger partial charge is 0.483 e. The number of hydrogen-bond acceptors (Lipinski definition) is 5. The zero-order valence-electron chi connectivity index (χ0n) is 14.7. The van der Waals surface area contributed by atoms with Gasteiger partial charge in [-0.25, -0.2) is 0 Å². The summed E-state index contributed by atoms with van der Waals surface area (Å²) in [6, 6.07) is 17.1. The van der Waals surface area contributed by atoms with Crippen LogP contribution in [0, 0.1) is 0 Å². The molecule has 3 rings (SSSR count). The van der Waals surface area contributed by atoms with Crippen LogP contribution in [0.5, 0.6) is 5.75 Å². The number of aromatic nitrogens is 2. The fourth-order valence-electron chi connectivity index (χ4n) is 2.30. The first-order valence-electron chi connectivity index (χ1n) is 8.43. The third-order valence-electron chi connectivity index (χ3n) is 3.59. The molecular formula is C21H19N3O3. The highest BCUT2D eigenvalue weighted by Gasteiger charge is 2.13. The van der Waals surface area contributed by atoms with Crippen LogP contribution < -0.4 is 10.1 Å². The molecule has 0 saturated carbocycles. The smallest absolute Gasteiger partial charge is 0.258 e. The predicted molar refractivity (Wildman–Crippen MR) is 104 cm³/mol. The SMILES string of the molecule is C=CCNC(=O)COc1ccccc1-c1noc(/C=C/c2ccccc2)n1.